The van der Waals surface area contributed by atoms with Crippen LogP contribution in [0.25, 0.3) is 0 Å². The van der Waals surface area contributed by atoms with Crippen LogP contribution in [0, 0.1) is 19.3 Å². The number of carbonyl (C=O) groups is 2. The standard InChI is InChI=1S/C20H24N2O2/c1-14-8-7-10-16(12-14)13-21-18(23)20(3,4)19(24)22-17-11-6-5-9-15(17)2/h5-12H,13H2,1-4H3,(H,21,23)(H,22,24). The molecule has 0 saturated heterocycles. The van der Waals surface area contributed by atoms with Gasteiger partial charge in [-0.05, 0) is 44.9 Å². The van der Waals surface area contributed by atoms with Gasteiger partial charge in [0, 0.05) is 12.2 Å². The maximum absolute atomic E-state index is 12.5. The first-order chi connectivity index (χ1) is 11.3. The quantitative estimate of drug-likeness (QED) is 0.826. The Kier molecular flexibility index (Phi) is 5.39. The van der Waals surface area contributed by atoms with Crippen molar-refractivity contribution in [3.8, 4) is 0 Å². The molecule has 24 heavy (non-hydrogen) atoms. The van der Waals surface area contributed by atoms with Crippen LogP contribution in [0.1, 0.15) is 30.5 Å². The molecule has 2 amide bonds. The van der Waals surface area contributed by atoms with Crippen LogP contribution in [0.3, 0.4) is 0 Å². The van der Waals surface area contributed by atoms with Gasteiger partial charge in [-0.2, -0.15) is 0 Å². The topological polar surface area (TPSA) is 58.2 Å². The van der Waals surface area contributed by atoms with Crippen molar-refractivity contribution in [1.82, 2.24) is 5.32 Å². The third-order valence-electron chi connectivity index (χ3n) is 4.06. The second kappa shape index (κ2) is 7.30. The first kappa shape index (κ1) is 17.7. The molecule has 2 N–H and O–H groups in total. The van der Waals surface area contributed by atoms with Crippen LogP contribution in [-0.2, 0) is 16.1 Å². The molecule has 0 fully saturated rings. The van der Waals surface area contributed by atoms with E-state index in [2.05, 4.69) is 10.6 Å². The fourth-order valence-electron chi connectivity index (χ4n) is 2.32. The van der Waals surface area contributed by atoms with Gasteiger partial charge in [-0.1, -0.05) is 48.0 Å². The van der Waals surface area contributed by atoms with Crippen LogP contribution >= 0.6 is 0 Å². The number of hydrogen-bond acceptors (Lipinski definition) is 2. The van der Waals surface area contributed by atoms with E-state index >= 15 is 0 Å². The van der Waals surface area contributed by atoms with Crippen LogP contribution in [0.5, 0.6) is 0 Å². The highest BCUT2D eigenvalue weighted by atomic mass is 16.2. The van der Waals surface area contributed by atoms with E-state index < -0.39 is 5.41 Å². The third kappa shape index (κ3) is 4.22. The zero-order valence-electron chi connectivity index (χ0n) is 14.6. The number of rotatable bonds is 5. The Labute approximate surface area is 143 Å². The SMILES string of the molecule is Cc1cccc(CNC(=O)C(C)(C)C(=O)Nc2ccccc2C)c1. The van der Waals surface area contributed by atoms with Gasteiger partial charge in [0.25, 0.3) is 0 Å². The Morgan fingerprint density at radius 1 is 0.958 bits per heavy atom. The van der Waals surface area contributed by atoms with Gasteiger partial charge in [0.1, 0.15) is 5.41 Å². The molecule has 0 aromatic heterocycles. The monoisotopic (exact) mass is 324 g/mol. The molecular weight excluding hydrogens is 300 g/mol. The van der Waals surface area contributed by atoms with Crippen molar-refractivity contribution >= 4 is 17.5 Å². The fraction of sp³-hybridized carbons (Fsp3) is 0.300. The number of benzene rings is 2. The summed E-state index contributed by atoms with van der Waals surface area (Å²) in [5, 5.41) is 5.69. The van der Waals surface area contributed by atoms with Crippen LogP contribution in [0.2, 0.25) is 0 Å². The lowest BCUT2D eigenvalue weighted by molar-refractivity contribution is -0.138. The van der Waals surface area contributed by atoms with Crippen molar-refractivity contribution in [2.24, 2.45) is 5.41 Å². The summed E-state index contributed by atoms with van der Waals surface area (Å²) in [7, 11) is 0. The molecule has 0 unspecified atom stereocenters. The highest BCUT2D eigenvalue weighted by molar-refractivity contribution is 6.10. The van der Waals surface area contributed by atoms with Gasteiger partial charge in [0.15, 0.2) is 0 Å². The number of amides is 2. The van der Waals surface area contributed by atoms with Gasteiger partial charge >= 0.3 is 0 Å². The van der Waals surface area contributed by atoms with Crippen molar-refractivity contribution < 1.29 is 9.59 Å². The van der Waals surface area contributed by atoms with Crippen LogP contribution in [0.15, 0.2) is 48.5 Å². The maximum atomic E-state index is 12.5. The predicted molar refractivity (Wildman–Crippen MR) is 96.6 cm³/mol. The highest BCUT2D eigenvalue weighted by Gasteiger charge is 2.36. The summed E-state index contributed by atoms with van der Waals surface area (Å²) in [6.45, 7) is 7.59. The summed E-state index contributed by atoms with van der Waals surface area (Å²) in [4.78, 5) is 25.0. The second-order valence-corrected chi connectivity index (χ2v) is 6.57. The van der Waals surface area contributed by atoms with Crippen LogP contribution in [-0.4, -0.2) is 11.8 Å². The smallest absolute Gasteiger partial charge is 0.239 e. The Morgan fingerprint density at radius 2 is 1.67 bits per heavy atom. The fourth-order valence-corrected chi connectivity index (χ4v) is 2.32. The first-order valence-corrected chi connectivity index (χ1v) is 8.01. The lowest BCUT2D eigenvalue weighted by atomic mass is 9.90. The van der Waals surface area contributed by atoms with Gasteiger partial charge in [0.2, 0.25) is 11.8 Å². The predicted octanol–water partition coefficient (Wildman–Crippen LogP) is 3.58. The summed E-state index contributed by atoms with van der Waals surface area (Å²) in [5.74, 6) is -0.617. The molecule has 0 aliphatic heterocycles. The first-order valence-electron chi connectivity index (χ1n) is 8.01. The van der Waals surface area contributed by atoms with Gasteiger partial charge < -0.3 is 10.6 Å². The number of para-hydroxylation sites is 1. The van der Waals surface area contributed by atoms with Crippen molar-refractivity contribution in [2.45, 2.75) is 34.2 Å². The summed E-state index contributed by atoms with van der Waals surface area (Å²) in [5.41, 5.74) is 2.67. The molecule has 0 aliphatic rings. The Morgan fingerprint density at radius 3 is 2.33 bits per heavy atom. The summed E-state index contributed by atoms with van der Waals surface area (Å²) in [6.07, 6.45) is 0. The Bertz CT molecular complexity index is 751. The minimum atomic E-state index is -1.16. The largest absolute Gasteiger partial charge is 0.351 e. The molecule has 0 heterocycles. The zero-order valence-corrected chi connectivity index (χ0v) is 14.6. The molecule has 4 heteroatoms. The van der Waals surface area contributed by atoms with Gasteiger partial charge in [-0.25, -0.2) is 0 Å². The van der Waals surface area contributed by atoms with E-state index in [1.165, 1.54) is 0 Å². The molecule has 0 aliphatic carbocycles. The number of anilines is 1. The Balaban J connectivity index is 2.01. The third-order valence-corrected chi connectivity index (χ3v) is 4.06. The van der Waals surface area contributed by atoms with Crippen molar-refractivity contribution in [2.75, 3.05) is 5.32 Å². The molecule has 0 bridgehead atoms. The average Bonchev–Trinajstić information content (AvgIpc) is 2.54. The summed E-state index contributed by atoms with van der Waals surface area (Å²) >= 11 is 0. The summed E-state index contributed by atoms with van der Waals surface area (Å²) in [6, 6.07) is 15.4. The average molecular weight is 324 g/mol. The van der Waals surface area contributed by atoms with Gasteiger partial charge in [-0.3, -0.25) is 9.59 Å². The van der Waals surface area contributed by atoms with Crippen molar-refractivity contribution in [1.29, 1.82) is 0 Å². The normalized spacial score (nSPS) is 11.0. The molecule has 0 spiro atoms. The molecule has 2 aromatic carbocycles. The molecule has 2 aromatic rings. The van der Waals surface area contributed by atoms with Crippen LogP contribution in [0.4, 0.5) is 5.69 Å². The maximum Gasteiger partial charge on any atom is 0.239 e. The van der Waals surface area contributed by atoms with Crippen molar-refractivity contribution in [3.63, 3.8) is 0 Å². The minimum absolute atomic E-state index is 0.296. The van der Waals surface area contributed by atoms with Gasteiger partial charge in [0.05, 0.1) is 0 Å². The molecule has 126 valence electrons. The van der Waals surface area contributed by atoms with E-state index in [-0.39, 0.29) is 11.8 Å². The molecule has 4 nitrogen and oxygen atoms in total. The molecular formula is C20H24N2O2. The number of aryl methyl sites for hydroxylation is 2. The number of nitrogens with one attached hydrogen (secondary N) is 2. The molecule has 0 radical (unpaired) electrons. The van der Waals surface area contributed by atoms with E-state index in [1.807, 2.05) is 62.4 Å². The number of carbonyl (C=O) groups excluding carboxylic acids is 2. The van der Waals surface area contributed by atoms with Crippen LogP contribution < -0.4 is 10.6 Å². The summed E-state index contributed by atoms with van der Waals surface area (Å²) < 4.78 is 0. The van der Waals surface area contributed by atoms with E-state index in [9.17, 15) is 9.59 Å². The van der Waals surface area contributed by atoms with Gasteiger partial charge in [-0.15, -0.1) is 0 Å². The lowest BCUT2D eigenvalue weighted by Crippen LogP contribution is -2.45. The van der Waals surface area contributed by atoms with E-state index in [4.69, 9.17) is 0 Å². The van der Waals surface area contributed by atoms with E-state index in [0.29, 0.717) is 6.54 Å². The minimum Gasteiger partial charge on any atom is -0.351 e. The van der Waals surface area contributed by atoms with E-state index in [1.54, 1.807) is 13.8 Å². The molecule has 0 atom stereocenters. The molecule has 0 saturated carbocycles. The lowest BCUT2D eigenvalue weighted by Gasteiger charge is -2.23. The zero-order chi connectivity index (χ0) is 17.7. The highest BCUT2D eigenvalue weighted by Crippen LogP contribution is 2.21. The number of hydrogen-bond donors (Lipinski definition) is 2. The molecule has 2 rings (SSSR count). The Hall–Kier alpha value is -2.62. The second-order valence-electron chi connectivity index (χ2n) is 6.57. The van der Waals surface area contributed by atoms with E-state index in [0.717, 1.165) is 22.4 Å². The van der Waals surface area contributed by atoms with Crippen molar-refractivity contribution in [3.05, 3.63) is 65.2 Å².